The quantitative estimate of drug-likeness (QED) is 0.660. The van der Waals surface area contributed by atoms with E-state index in [9.17, 15) is 0 Å². The van der Waals surface area contributed by atoms with Crippen molar-refractivity contribution in [1.29, 1.82) is 0 Å². The van der Waals surface area contributed by atoms with Crippen LogP contribution in [-0.2, 0) is 5.41 Å². The highest BCUT2D eigenvalue weighted by Crippen LogP contribution is 2.30. The maximum Gasteiger partial charge on any atom is 0.0775 e. The van der Waals surface area contributed by atoms with Crippen LogP contribution < -0.4 is 0 Å². The molecule has 0 saturated carbocycles. The molecule has 1 unspecified atom stereocenters. The summed E-state index contributed by atoms with van der Waals surface area (Å²) in [7, 11) is -1.23. The molecule has 94 valence electrons. The molecular formula is C17H22Si. The number of hydrogen-bond acceptors (Lipinski definition) is 0. The van der Waals surface area contributed by atoms with E-state index >= 15 is 0 Å². The van der Waals surface area contributed by atoms with E-state index in [-0.39, 0.29) is 5.41 Å². The topological polar surface area (TPSA) is 0 Å². The van der Waals surface area contributed by atoms with Gasteiger partial charge in [-0.15, -0.1) is 0 Å². The molecule has 0 N–H and O–H groups in total. The van der Waals surface area contributed by atoms with Crippen LogP contribution in [0.3, 0.4) is 0 Å². The normalized spacial score (nSPS) is 23.7. The second kappa shape index (κ2) is 4.73. The summed E-state index contributed by atoms with van der Waals surface area (Å²) in [6.07, 6.45) is 11.5. The minimum atomic E-state index is -1.23. The maximum atomic E-state index is 2.39. The zero-order chi connectivity index (χ0) is 13.2. The van der Waals surface area contributed by atoms with Gasteiger partial charge in [0.15, 0.2) is 0 Å². The number of hydrogen-bond donors (Lipinski definition) is 0. The predicted molar refractivity (Wildman–Crippen MR) is 83.5 cm³/mol. The zero-order valence-corrected chi connectivity index (χ0v) is 12.8. The van der Waals surface area contributed by atoms with Gasteiger partial charge in [-0.3, -0.25) is 0 Å². The van der Waals surface area contributed by atoms with Crippen molar-refractivity contribution in [1.82, 2.24) is 0 Å². The van der Waals surface area contributed by atoms with Gasteiger partial charge in [0.25, 0.3) is 0 Å². The minimum Gasteiger partial charge on any atom is -0.0706 e. The summed E-state index contributed by atoms with van der Waals surface area (Å²) in [5.74, 6) is 0. The van der Waals surface area contributed by atoms with Crippen molar-refractivity contribution >= 4 is 8.07 Å². The summed E-state index contributed by atoms with van der Waals surface area (Å²) in [6.45, 7) is 9.45. The van der Waals surface area contributed by atoms with Crippen molar-refractivity contribution in [2.45, 2.75) is 32.0 Å². The van der Waals surface area contributed by atoms with Crippen LogP contribution in [0.15, 0.2) is 65.9 Å². The van der Waals surface area contributed by atoms with E-state index in [0.29, 0.717) is 0 Å². The zero-order valence-electron chi connectivity index (χ0n) is 11.8. The van der Waals surface area contributed by atoms with Crippen molar-refractivity contribution in [2.75, 3.05) is 0 Å². The first kappa shape index (κ1) is 13.1. The average molecular weight is 254 g/mol. The Hall–Kier alpha value is -1.34. The van der Waals surface area contributed by atoms with Crippen LogP contribution >= 0.6 is 0 Å². The van der Waals surface area contributed by atoms with Gasteiger partial charge < -0.3 is 0 Å². The molecule has 2 rings (SSSR count). The average Bonchev–Trinajstić information content (AvgIpc) is 2.53. The van der Waals surface area contributed by atoms with E-state index in [1.54, 1.807) is 0 Å². The standard InChI is InChI=1S/C17H22Si/c1-17(15-9-6-5-7-10-15)13-8-11-16(12-14-17)18(2,3)4/h5-14H,1-4H3. The molecule has 1 aliphatic rings. The van der Waals surface area contributed by atoms with Crippen LogP contribution in [0.25, 0.3) is 0 Å². The molecular weight excluding hydrogens is 232 g/mol. The Balaban J connectivity index is 2.36. The number of rotatable bonds is 2. The Kier molecular flexibility index (Phi) is 3.44. The lowest BCUT2D eigenvalue weighted by atomic mass is 9.82. The van der Waals surface area contributed by atoms with E-state index in [4.69, 9.17) is 0 Å². The Bertz CT molecular complexity index is 500. The Labute approximate surface area is 112 Å². The summed E-state index contributed by atoms with van der Waals surface area (Å²) < 4.78 is 0. The highest BCUT2D eigenvalue weighted by atomic mass is 28.3. The summed E-state index contributed by atoms with van der Waals surface area (Å²) in [6, 6.07) is 10.7. The van der Waals surface area contributed by atoms with Gasteiger partial charge >= 0.3 is 0 Å². The number of benzene rings is 1. The molecule has 0 amide bonds. The fourth-order valence-electron chi connectivity index (χ4n) is 2.22. The molecule has 0 spiro atoms. The Morgan fingerprint density at radius 2 is 1.61 bits per heavy atom. The van der Waals surface area contributed by atoms with Crippen LogP contribution in [-0.4, -0.2) is 8.07 Å². The van der Waals surface area contributed by atoms with Gasteiger partial charge in [-0.2, -0.15) is 0 Å². The van der Waals surface area contributed by atoms with Gasteiger partial charge in [-0.1, -0.05) is 85.5 Å². The molecule has 0 aliphatic heterocycles. The minimum absolute atomic E-state index is 0.0131. The van der Waals surface area contributed by atoms with Crippen molar-refractivity contribution < 1.29 is 0 Å². The lowest BCUT2D eigenvalue weighted by Crippen LogP contribution is -2.23. The van der Waals surface area contributed by atoms with Crippen LogP contribution in [0.1, 0.15) is 12.5 Å². The van der Waals surface area contributed by atoms with Crippen molar-refractivity contribution in [3.8, 4) is 0 Å². The first-order valence-electron chi connectivity index (χ1n) is 6.57. The van der Waals surface area contributed by atoms with Gasteiger partial charge in [0.05, 0.1) is 8.07 Å². The van der Waals surface area contributed by atoms with E-state index in [1.165, 1.54) is 10.8 Å². The molecule has 18 heavy (non-hydrogen) atoms. The largest absolute Gasteiger partial charge is 0.0775 e. The third-order valence-electron chi connectivity index (χ3n) is 3.59. The molecule has 1 atom stereocenters. The van der Waals surface area contributed by atoms with Gasteiger partial charge in [0.1, 0.15) is 0 Å². The monoisotopic (exact) mass is 254 g/mol. The van der Waals surface area contributed by atoms with E-state index < -0.39 is 8.07 Å². The molecule has 1 heteroatoms. The van der Waals surface area contributed by atoms with Crippen LogP contribution in [0.4, 0.5) is 0 Å². The van der Waals surface area contributed by atoms with Crippen molar-refractivity contribution in [2.24, 2.45) is 0 Å². The summed E-state index contributed by atoms with van der Waals surface area (Å²) in [5, 5.41) is 1.51. The molecule has 0 aromatic heterocycles. The van der Waals surface area contributed by atoms with Crippen molar-refractivity contribution in [3.63, 3.8) is 0 Å². The summed E-state index contributed by atoms with van der Waals surface area (Å²) in [5.41, 5.74) is 1.36. The SMILES string of the molecule is CC1(c2ccccc2)C=CC=C([Si](C)(C)C)C=C1. The third kappa shape index (κ3) is 2.73. The van der Waals surface area contributed by atoms with Crippen LogP contribution in [0, 0.1) is 0 Å². The molecule has 0 nitrogen and oxygen atoms in total. The van der Waals surface area contributed by atoms with Gasteiger partial charge in [-0.05, 0) is 12.5 Å². The van der Waals surface area contributed by atoms with Crippen LogP contribution in [0.5, 0.6) is 0 Å². The Morgan fingerprint density at radius 3 is 2.22 bits per heavy atom. The molecule has 0 radical (unpaired) electrons. The lowest BCUT2D eigenvalue weighted by Gasteiger charge is -2.22. The number of allylic oxidation sites excluding steroid dienone is 6. The lowest BCUT2D eigenvalue weighted by molar-refractivity contribution is 0.759. The first-order chi connectivity index (χ1) is 8.42. The maximum absolute atomic E-state index is 2.39. The summed E-state index contributed by atoms with van der Waals surface area (Å²) in [4.78, 5) is 0. The molecule has 0 fully saturated rings. The van der Waals surface area contributed by atoms with E-state index in [0.717, 1.165) is 0 Å². The van der Waals surface area contributed by atoms with Gasteiger partial charge in [0.2, 0.25) is 0 Å². The van der Waals surface area contributed by atoms with Crippen molar-refractivity contribution in [3.05, 3.63) is 71.5 Å². The van der Waals surface area contributed by atoms with E-state index in [1.807, 2.05) is 0 Å². The predicted octanol–water partition coefficient (Wildman–Crippen LogP) is 4.87. The fourth-order valence-corrected chi connectivity index (χ4v) is 3.39. The molecule has 1 aliphatic carbocycles. The molecule has 1 aromatic rings. The fraction of sp³-hybridized carbons (Fsp3) is 0.294. The highest BCUT2D eigenvalue weighted by molar-refractivity contribution is 6.83. The third-order valence-corrected chi connectivity index (χ3v) is 5.65. The highest BCUT2D eigenvalue weighted by Gasteiger charge is 2.23. The van der Waals surface area contributed by atoms with Gasteiger partial charge in [0, 0.05) is 5.41 Å². The molecule has 1 aromatic carbocycles. The second-order valence-electron chi connectivity index (χ2n) is 6.21. The van der Waals surface area contributed by atoms with Crippen LogP contribution in [0.2, 0.25) is 19.6 Å². The molecule has 0 saturated heterocycles. The second-order valence-corrected chi connectivity index (χ2v) is 11.3. The van der Waals surface area contributed by atoms with E-state index in [2.05, 4.69) is 87.3 Å². The smallest absolute Gasteiger partial charge is 0.0706 e. The van der Waals surface area contributed by atoms with Gasteiger partial charge in [-0.25, -0.2) is 0 Å². The molecule has 0 bridgehead atoms. The molecule has 0 heterocycles. The first-order valence-corrected chi connectivity index (χ1v) is 10.1. The summed E-state index contributed by atoms with van der Waals surface area (Å²) >= 11 is 0. The Morgan fingerprint density at radius 1 is 0.944 bits per heavy atom.